The summed E-state index contributed by atoms with van der Waals surface area (Å²) in [6, 6.07) is -0.0337. The van der Waals surface area contributed by atoms with Crippen molar-refractivity contribution in [3.05, 3.63) is 0 Å². The van der Waals surface area contributed by atoms with E-state index in [1.165, 1.54) is 0 Å². The van der Waals surface area contributed by atoms with E-state index in [0.29, 0.717) is 19.6 Å². The summed E-state index contributed by atoms with van der Waals surface area (Å²) < 4.78 is 10.9. The number of ether oxygens (including phenoxy) is 2. The predicted molar refractivity (Wildman–Crippen MR) is 61.7 cm³/mol. The monoisotopic (exact) mass is 243 g/mol. The van der Waals surface area contributed by atoms with E-state index in [1.54, 1.807) is 4.90 Å². The van der Waals surface area contributed by atoms with Crippen molar-refractivity contribution in [3.63, 3.8) is 0 Å². The number of carbonyl (C=O) groups excluding carboxylic acids is 1. The summed E-state index contributed by atoms with van der Waals surface area (Å²) in [5.41, 5.74) is -0.484. The molecular formula is C12H21NO4. The van der Waals surface area contributed by atoms with Gasteiger partial charge in [-0.15, -0.1) is 0 Å². The first-order chi connectivity index (χ1) is 7.88. The molecule has 98 valence electrons. The number of likely N-dealkylation sites (tertiary alicyclic amines) is 1. The number of hydrogen-bond acceptors (Lipinski definition) is 4. The summed E-state index contributed by atoms with van der Waals surface area (Å²) in [5.74, 6) is 0. The van der Waals surface area contributed by atoms with Crippen LogP contribution < -0.4 is 0 Å². The SMILES string of the molecule is CC(C)(C)OC(=O)N1CC[C@@H](O)[C@@H]2OCC[C@H]21. The number of aliphatic hydroxyl groups excluding tert-OH is 1. The molecule has 0 radical (unpaired) electrons. The van der Waals surface area contributed by atoms with Gasteiger partial charge in [-0.25, -0.2) is 4.79 Å². The lowest BCUT2D eigenvalue weighted by atomic mass is 9.96. The van der Waals surface area contributed by atoms with E-state index >= 15 is 0 Å². The molecule has 0 spiro atoms. The van der Waals surface area contributed by atoms with Gasteiger partial charge >= 0.3 is 6.09 Å². The second-order valence-electron chi connectivity index (χ2n) is 5.72. The van der Waals surface area contributed by atoms with Crippen molar-refractivity contribution in [1.29, 1.82) is 0 Å². The number of hydrogen-bond donors (Lipinski definition) is 1. The Morgan fingerprint density at radius 1 is 1.41 bits per heavy atom. The van der Waals surface area contributed by atoms with Crippen molar-refractivity contribution in [2.45, 2.75) is 57.5 Å². The lowest BCUT2D eigenvalue weighted by Crippen LogP contribution is -2.55. The van der Waals surface area contributed by atoms with E-state index in [1.807, 2.05) is 20.8 Å². The Kier molecular flexibility index (Phi) is 3.32. The molecule has 2 aliphatic rings. The van der Waals surface area contributed by atoms with E-state index < -0.39 is 11.7 Å². The van der Waals surface area contributed by atoms with Crippen LogP contribution >= 0.6 is 0 Å². The van der Waals surface area contributed by atoms with Crippen molar-refractivity contribution in [2.24, 2.45) is 0 Å². The first-order valence-electron chi connectivity index (χ1n) is 6.18. The van der Waals surface area contributed by atoms with Gasteiger partial charge in [0, 0.05) is 13.2 Å². The highest BCUT2D eigenvalue weighted by atomic mass is 16.6. The molecule has 0 aromatic heterocycles. The van der Waals surface area contributed by atoms with Crippen LogP contribution in [0.15, 0.2) is 0 Å². The molecule has 2 saturated heterocycles. The number of piperidine rings is 1. The van der Waals surface area contributed by atoms with Gasteiger partial charge in [-0.1, -0.05) is 0 Å². The number of nitrogens with zero attached hydrogens (tertiary/aromatic N) is 1. The minimum absolute atomic E-state index is 0.0337. The molecule has 0 saturated carbocycles. The molecule has 0 aromatic rings. The molecule has 0 aliphatic carbocycles. The van der Waals surface area contributed by atoms with E-state index in [0.717, 1.165) is 6.42 Å². The molecule has 2 rings (SSSR count). The van der Waals surface area contributed by atoms with Crippen LogP contribution in [0, 0.1) is 0 Å². The van der Waals surface area contributed by atoms with Crippen LogP contribution in [-0.4, -0.2) is 53.1 Å². The predicted octanol–water partition coefficient (Wildman–Crippen LogP) is 1.15. The third-order valence-corrected chi connectivity index (χ3v) is 3.18. The molecule has 0 aromatic carbocycles. The number of fused-ring (bicyclic) bond motifs is 1. The maximum atomic E-state index is 12.0. The number of aliphatic hydroxyl groups is 1. The number of carbonyl (C=O) groups is 1. The lowest BCUT2D eigenvalue weighted by Gasteiger charge is -2.39. The molecule has 0 unspecified atom stereocenters. The van der Waals surface area contributed by atoms with Crippen LogP contribution in [0.3, 0.4) is 0 Å². The number of amides is 1. The standard InChI is InChI=1S/C12H21NO4/c1-12(2,3)17-11(15)13-6-4-9(14)10-8(13)5-7-16-10/h8-10,14H,4-7H2,1-3H3/t8-,9-,10-/m1/s1. The third kappa shape index (κ3) is 2.72. The zero-order valence-corrected chi connectivity index (χ0v) is 10.7. The van der Waals surface area contributed by atoms with Gasteiger partial charge in [-0.3, -0.25) is 0 Å². The lowest BCUT2D eigenvalue weighted by molar-refractivity contribution is -0.0687. The molecule has 2 fully saturated rings. The van der Waals surface area contributed by atoms with Gasteiger partial charge in [0.2, 0.25) is 0 Å². The third-order valence-electron chi connectivity index (χ3n) is 3.18. The molecule has 2 aliphatic heterocycles. The van der Waals surface area contributed by atoms with Crippen molar-refractivity contribution in [3.8, 4) is 0 Å². The van der Waals surface area contributed by atoms with Gasteiger partial charge in [0.05, 0.1) is 12.1 Å². The van der Waals surface area contributed by atoms with Gasteiger partial charge in [-0.2, -0.15) is 0 Å². The van der Waals surface area contributed by atoms with Crippen molar-refractivity contribution in [2.75, 3.05) is 13.2 Å². The smallest absolute Gasteiger partial charge is 0.410 e. The highest BCUT2D eigenvalue weighted by Crippen LogP contribution is 2.29. The average Bonchev–Trinajstić information content (AvgIpc) is 2.64. The Labute approximate surface area is 102 Å². The molecule has 0 bridgehead atoms. The Morgan fingerprint density at radius 3 is 2.76 bits per heavy atom. The highest BCUT2D eigenvalue weighted by molar-refractivity contribution is 5.69. The molecule has 2 heterocycles. The Bertz CT molecular complexity index is 299. The molecule has 5 nitrogen and oxygen atoms in total. The molecular weight excluding hydrogens is 222 g/mol. The van der Waals surface area contributed by atoms with Gasteiger partial charge in [-0.05, 0) is 33.6 Å². The highest BCUT2D eigenvalue weighted by Gasteiger charge is 2.44. The fourth-order valence-corrected chi connectivity index (χ4v) is 2.45. The summed E-state index contributed by atoms with van der Waals surface area (Å²) in [4.78, 5) is 13.7. The number of rotatable bonds is 0. The summed E-state index contributed by atoms with van der Waals surface area (Å²) in [5, 5.41) is 9.81. The van der Waals surface area contributed by atoms with Gasteiger partial charge in [0.25, 0.3) is 0 Å². The molecule has 5 heteroatoms. The van der Waals surface area contributed by atoms with E-state index in [2.05, 4.69) is 0 Å². The normalized spacial score (nSPS) is 33.4. The van der Waals surface area contributed by atoms with Crippen molar-refractivity contribution < 1.29 is 19.4 Å². The Morgan fingerprint density at radius 2 is 2.12 bits per heavy atom. The quantitative estimate of drug-likeness (QED) is 0.693. The second kappa shape index (κ2) is 4.46. The molecule has 17 heavy (non-hydrogen) atoms. The maximum Gasteiger partial charge on any atom is 0.410 e. The van der Waals surface area contributed by atoms with Crippen LogP contribution in [0.5, 0.6) is 0 Å². The van der Waals surface area contributed by atoms with Crippen molar-refractivity contribution in [1.82, 2.24) is 4.90 Å². The van der Waals surface area contributed by atoms with E-state index in [4.69, 9.17) is 9.47 Å². The molecule has 1 N–H and O–H groups in total. The van der Waals surface area contributed by atoms with E-state index in [-0.39, 0.29) is 18.2 Å². The minimum Gasteiger partial charge on any atom is -0.444 e. The zero-order chi connectivity index (χ0) is 12.6. The first-order valence-corrected chi connectivity index (χ1v) is 6.18. The Hall–Kier alpha value is -0.810. The summed E-state index contributed by atoms with van der Waals surface area (Å²) in [6.45, 7) is 6.71. The summed E-state index contributed by atoms with van der Waals surface area (Å²) in [7, 11) is 0. The summed E-state index contributed by atoms with van der Waals surface area (Å²) in [6.07, 6.45) is 0.337. The van der Waals surface area contributed by atoms with Gasteiger partial charge in [0.1, 0.15) is 11.7 Å². The van der Waals surface area contributed by atoms with Crippen LogP contribution in [0.4, 0.5) is 4.79 Å². The fourth-order valence-electron chi connectivity index (χ4n) is 2.45. The van der Waals surface area contributed by atoms with Crippen LogP contribution in [0.1, 0.15) is 33.6 Å². The van der Waals surface area contributed by atoms with E-state index in [9.17, 15) is 9.90 Å². The maximum absolute atomic E-state index is 12.0. The average molecular weight is 243 g/mol. The second-order valence-corrected chi connectivity index (χ2v) is 5.72. The van der Waals surface area contributed by atoms with Crippen molar-refractivity contribution >= 4 is 6.09 Å². The first kappa shape index (κ1) is 12.6. The largest absolute Gasteiger partial charge is 0.444 e. The molecule has 1 amide bonds. The topological polar surface area (TPSA) is 59.0 Å². The van der Waals surface area contributed by atoms with Gasteiger partial charge in [0.15, 0.2) is 0 Å². The fraction of sp³-hybridized carbons (Fsp3) is 0.917. The van der Waals surface area contributed by atoms with Crippen LogP contribution in [-0.2, 0) is 9.47 Å². The van der Waals surface area contributed by atoms with Crippen LogP contribution in [0.25, 0.3) is 0 Å². The molecule has 3 atom stereocenters. The Balaban J connectivity index is 2.03. The minimum atomic E-state index is -0.484. The summed E-state index contributed by atoms with van der Waals surface area (Å²) >= 11 is 0. The van der Waals surface area contributed by atoms with Crippen LogP contribution in [0.2, 0.25) is 0 Å². The zero-order valence-electron chi connectivity index (χ0n) is 10.7. The van der Waals surface area contributed by atoms with Gasteiger partial charge < -0.3 is 19.5 Å².